The molecule has 1 unspecified atom stereocenters. The molecule has 1 amide bonds. The molecule has 0 fully saturated rings. The Labute approximate surface area is 189 Å². The molecule has 8 nitrogen and oxygen atoms in total. The number of carbonyl (C=O) groups excluding carboxylic acids is 1. The molecule has 3 aromatic rings. The fourth-order valence-corrected chi connectivity index (χ4v) is 3.93. The highest BCUT2D eigenvalue weighted by Crippen LogP contribution is 2.26. The first-order valence-corrected chi connectivity index (χ1v) is 10.7. The van der Waals surface area contributed by atoms with Crippen LogP contribution < -0.4 is 5.32 Å². The maximum Gasteiger partial charge on any atom is 0.269 e. The van der Waals surface area contributed by atoms with E-state index in [9.17, 15) is 4.79 Å². The van der Waals surface area contributed by atoms with Crippen LogP contribution in [0, 0.1) is 13.8 Å². The monoisotopic (exact) mass is 460 g/mol. The third-order valence-electron chi connectivity index (χ3n) is 5.14. The number of benzene rings is 1. The molecule has 3 heterocycles. The van der Waals surface area contributed by atoms with Crippen molar-refractivity contribution in [3.63, 3.8) is 0 Å². The van der Waals surface area contributed by atoms with Crippen LogP contribution in [0.15, 0.2) is 35.6 Å². The SMILES string of the molecule is CCn1cc(C2=NOC(C(=O)Nc3cc(C)n(Cc4c(Cl)cccc4Cl)n3)C2)c(C)n1. The van der Waals surface area contributed by atoms with Gasteiger partial charge in [-0.15, -0.1) is 0 Å². The van der Waals surface area contributed by atoms with Crippen LogP contribution in [0.5, 0.6) is 0 Å². The maximum absolute atomic E-state index is 12.7. The minimum Gasteiger partial charge on any atom is -0.382 e. The summed E-state index contributed by atoms with van der Waals surface area (Å²) in [5.74, 6) is 0.123. The Hall–Kier alpha value is -2.84. The summed E-state index contributed by atoms with van der Waals surface area (Å²) in [6, 6.07) is 7.15. The fraction of sp³-hybridized carbons (Fsp3) is 0.333. The molecule has 0 aliphatic carbocycles. The number of rotatable bonds is 6. The average Bonchev–Trinajstić information content (AvgIpc) is 3.43. The third kappa shape index (κ3) is 4.45. The first-order chi connectivity index (χ1) is 14.9. The summed E-state index contributed by atoms with van der Waals surface area (Å²) in [4.78, 5) is 18.1. The lowest BCUT2D eigenvalue weighted by Crippen LogP contribution is -2.28. The lowest BCUT2D eigenvalue weighted by Gasteiger charge is -2.09. The van der Waals surface area contributed by atoms with Crippen LogP contribution in [-0.2, 0) is 22.7 Å². The van der Waals surface area contributed by atoms with Gasteiger partial charge in [0.15, 0.2) is 5.82 Å². The van der Waals surface area contributed by atoms with Gasteiger partial charge in [0.1, 0.15) is 0 Å². The largest absolute Gasteiger partial charge is 0.382 e. The van der Waals surface area contributed by atoms with Gasteiger partial charge in [0.25, 0.3) is 5.91 Å². The van der Waals surface area contributed by atoms with Gasteiger partial charge in [-0.25, -0.2) is 0 Å². The molecule has 1 aliphatic rings. The molecule has 0 saturated heterocycles. The molecule has 10 heteroatoms. The summed E-state index contributed by atoms with van der Waals surface area (Å²) in [7, 11) is 0. The van der Waals surface area contributed by atoms with Crippen LogP contribution in [0.4, 0.5) is 5.82 Å². The maximum atomic E-state index is 12.7. The van der Waals surface area contributed by atoms with E-state index in [-0.39, 0.29) is 5.91 Å². The van der Waals surface area contributed by atoms with Gasteiger partial charge in [-0.05, 0) is 32.9 Å². The number of hydrogen-bond acceptors (Lipinski definition) is 5. The second-order valence-corrected chi connectivity index (χ2v) is 8.15. The van der Waals surface area contributed by atoms with Gasteiger partial charge in [0.05, 0.1) is 18.0 Å². The highest BCUT2D eigenvalue weighted by molar-refractivity contribution is 6.36. The van der Waals surface area contributed by atoms with Gasteiger partial charge < -0.3 is 10.2 Å². The van der Waals surface area contributed by atoms with Crippen molar-refractivity contribution < 1.29 is 9.63 Å². The Morgan fingerprint density at radius 3 is 2.68 bits per heavy atom. The van der Waals surface area contributed by atoms with E-state index in [1.807, 2.05) is 31.6 Å². The van der Waals surface area contributed by atoms with Gasteiger partial charge in [0.2, 0.25) is 6.10 Å². The molecule has 1 aromatic carbocycles. The van der Waals surface area contributed by atoms with Crippen molar-refractivity contribution in [3.05, 3.63) is 63.0 Å². The van der Waals surface area contributed by atoms with Crippen molar-refractivity contribution in [2.75, 3.05) is 5.32 Å². The Balaban J connectivity index is 1.42. The van der Waals surface area contributed by atoms with Crippen molar-refractivity contribution in [2.45, 2.75) is 46.4 Å². The predicted molar refractivity (Wildman–Crippen MR) is 120 cm³/mol. The van der Waals surface area contributed by atoms with E-state index in [1.54, 1.807) is 28.9 Å². The summed E-state index contributed by atoms with van der Waals surface area (Å²) < 4.78 is 3.57. The number of aryl methyl sites for hydroxylation is 3. The van der Waals surface area contributed by atoms with E-state index >= 15 is 0 Å². The number of aromatic nitrogens is 4. The van der Waals surface area contributed by atoms with Crippen LogP contribution >= 0.6 is 23.2 Å². The first kappa shape index (κ1) is 21.4. The number of amides is 1. The predicted octanol–water partition coefficient (Wildman–Crippen LogP) is 4.20. The van der Waals surface area contributed by atoms with Crippen LogP contribution in [0.2, 0.25) is 10.0 Å². The molecular weight excluding hydrogens is 439 g/mol. The van der Waals surface area contributed by atoms with Gasteiger partial charge in [0, 0.05) is 52.1 Å². The quantitative estimate of drug-likeness (QED) is 0.596. The van der Waals surface area contributed by atoms with Crippen LogP contribution in [-0.4, -0.2) is 37.3 Å². The topological polar surface area (TPSA) is 86.3 Å². The first-order valence-electron chi connectivity index (χ1n) is 9.91. The minimum absolute atomic E-state index is 0.306. The van der Waals surface area contributed by atoms with E-state index in [4.69, 9.17) is 28.0 Å². The van der Waals surface area contributed by atoms with Crippen molar-refractivity contribution in [3.8, 4) is 0 Å². The molecule has 0 bridgehead atoms. The van der Waals surface area contributed by atoms with Crippen molar-refractivity contribution in [2.24, 2.45) is 5.16 Å². The minimum atomic E-state index is -0.720. The Morgan fingerprint density at radius 1 is 1.26 bits per heavy atom. The molecule has 162 valence electrons. The van der Waals surface area contributed by atoms with Crippen molar-refractivity contribution in [1.29, 1.82) is 0 Å². The van der Waals surface area contributed by atoms with E-state index in [0.717, 1.165) is 29.1 Å². The molecule has 0 radical (unpaired) electrons. The zero-order valence-corrected chi connectivity index (χ0v) is 18.9. The average molecular weight is 461 g/mol. The number of hydrogen-bond donors (Lipinski definition) is 1. The number of carbonyl (C=O) groups is 1. The van der Waals surface area contributed by atoms with Crippen molar-refractivity contribution >= 4 is 40.6 Å². The summed E-state index contributed by atoms with van der Waals surface area (Å²) in [6.45, 7) is 6.99. The highest BCUT2D eigenvalue weighted by Gasteiger charge is 2.31. The van der Waals surface area contributed by atoms with Gasteiger partial charge in [-0.2, -0.15) is 10.2 Å². The summed E-state index contributed by atoms with van der Waals surface area (Å²) in [5.41, 5.74) is 4.10. The number of anilines is 1. The van der Waals surface area contributed by atoms with Crippen molar-refractivity contribution in [1.82, 2.24) is 19.6 Å². The zero-order valence-electron chi connectivity index (χ0n) is 17.4. The van der Waals surface area contributed by atoms with E-state index in [2.05, 4.69) is 20.7 Å². The molecular formula is C21H22Cl2N6O2. The molecule has 4 rings (SSSR count). The van der Waals surface area contributed by atoms with Crippen LogP contribution in [0.25, 0.3) is 0 Å². The molecule has 1 N–H and O–H groups in total. The van der Waals surface area contributed by atoms with Crippen LogP contribution in [0.1, 0.15) is 35.9 Å². The number of nitrogens with one attached hydrogen (secondary N) is 1. The number of oxime groups is 1. The molecule has 2 aromatic heterocycles. The Bertz CT molecular complexity index is 1150. The summed E-state index contributed by atoms with van der Waals surface area (Å²) >= 11 is 12.5. The van der Waals surface area contributed by atoms with Gasteiger partial charge in [-0.3, -0.25) is 14.2 Å². The molecule has 1 atom stereocenters. The van der Waals surface area contributed by atoms with E-state index in [0.29, 0.717) is 34.5 Å². The van der Waals surface area contributed by atoms with Crippen LogP contribution in [0.3, 0.4) is 0 Å². The zero-order chi connectivity index (χ0) is 22.1. The summed E-state index contributed by atoms with van der Waals surface area (Å²) in [5, 5.41) is 16.9. The standard InChI is InChI=1S/C21H22Cl2N6O2/c1-4-28-10-14(13(3)25-28)18-9-19(31-27-18)21(30)24-20-8-12(2)29(26-20)11-15-16(22)6-5-7-17(15)23/h5-8,10,19H,4,9,11H2,1-3H3,(H,24,26,30). The molecule has 1 aliphatic heterocycles. The second kappa shape index (κ2) is 8.72. The second-order valence-electron chi connectivity index (χ2n) is 7.34. The molecule has 31 heavy (non-hydrogen) atoms. The highest BCUT2D eigenvalue weighted by atomic mass is 35.5. The van der Waals surface area contributed by atoms with E-state index in [1.165, 1.54) is 0 Å². The molecule has 0 spiro atoms. The number of halogens is 2. The molecule has 0 saturated carbocycles. The van der Waals surface area contributed by atoms with E-state index < -0.39 is 6.10 Å². The normalized spacial score (nSPS) is 15.6. The Kier molecular flexibility index (Phi) is 6.02. The summed E-state index contributed by atoms with van der Waals surface area (Å²) in [6.07, 6.45) is 1.57. The number of nitrogens with zero attached hydrogens (tertiary/aromatic N) is 5. The smallest absolute Gasteiger partial charge is 0.269 e. The van der Waals surface area contributed by atoms with Gasteiger partial charge in [-0.1, -0.05) is 34.4 Å². The lowest BCUT2D eigenvalue weighted by atomic mass is 10.1. The third-order valence-corrected chi connectivity index (χ3v) is 5.85. The fourth-order valence-electron chi connectivity index (χ4n) is 3.41. The Morgan fingerprint density at radius 2 is 2.00 bits per heavy atom. The lowest BCUT2D eigenvalue weighted by molar-refractivity contribution is -0.125. The van der Waals surface area contributed by atoms with Gasteiger partial charge >= 0.3 is 0 Å².